The topological polar surface area (TPSA) is 60.0 Å². The third-order valence-corrected chi connectivity index (χ3v) is 6.47. The molecule has 1 amide bonds. The highest BCUT2D eigenvalue weighted by Crippen LogP contribution is 2.33. The normalized spacial score (nSPS) is 21.2. The molecular weight excluding hydrogens is 423 g/mol. The van der Waals surface area contributed by atoms with Crippen molar-refractivity contribution < 1.29 is 23.4 Å². The molecule has 1 N–H and O–H groups in total. The molecule has 2 saturated heterocycles. The first-order chi connectivity index (χ1) is 16.1. The summed E-state index contributed by atoms with van der Waals surface area (Å²) >= 11 is 0. The summed E-state index contributed by atoms with van der Waals surface area (Å²) in [5.74, 6) is 0.285. The molecule has 4 rings (SSSR count). The average Bonchev–Trinajstić information content (AvgIpc) is 3.32. The van der Waals surface area contributed by atoms with Crippen molar-refractivity contribution in [2.75, 3.05) is 53.1 Å². The molecule has 7 heteroatoms. The Morgan fingerprint density at radius 1 is 1.15 bits per heavy atom. The van der Waals surface area contributed by atoms with Crippen LogP contribution in [0.1, 0.15) is 24.8 Å². The summed E-state index contributed by atoms with van der Waals surface area (Å²) in [6, 6.07) is 12.3. The van der Waals surface area contributed by atoms with Gasteiger partial charge in [0.1, 0.15) is 11.6 Å². The number of nitrogens with zero attached hydrogens (tertiary/aromatic N) is 1. The summed E-state index contributed by atoms with van der Waals surface area (Å²) in [5, 5.41) is 3.10. The third kappa shape index (κ3) is 5.91. The van der Waals surface area contributed by atoms with Crippen LogP contribution in [0.3, 0.4) is 0 Å². The molecule has 0 aromatic heterocycles. The van der Waals surface area contributed by atoms with E-state index in [2.05, 4.69) is 10.2 Å². The molecule has 6 nitrogen and oxygen atoms in total. The van der Waals surface area contributed by atoms with Crippen molar-refractivity contribution >= 4 is 5.91 Å². The lowest BCUT2D eigenvalue weighted by Crippen LogP contribution is -2.48. The molecule has 2 aromatic rings. The first kappa shape index (κ1) is 23.7. The minimum absolute atomic E-state index is 0.0298. The molecule has 0 spiro atoms. The van der Waals surface area contributed by atoms with Crippen LogP contribution in [-0.4, -0.2) is 69.5 Å². The lowest BCUT2D eigenvalue weighted by atomic mass is 9.89. The lowest BCUT2D eigenvalue weighted by Gasteiger charge is -2.28. The Bertz CT molecular complexity index is 922. The maximum Gasteiger partial charge on any atom is 0.252 e. The van der Waals surface area contributed by atoms with Crippen molar-refractivity contribution in [1.82, 2.24) is 10.2 Å². The number of halogens is 1. The van der Waals surface area contributed by atoms with Crippen molar-refractivity contribution in [3.8, 4) is 16.9 Å². The molecule has 1 atom stereocenters. The van der Waals surface area contributed by atoms with Gasteiger partial charge < -0.3 is 19.5 Å². The Hall–Kier alpha value is -2.48. The van der Waals surface area contributed by atoms with E-state index in [1.54, 1.807) is 13.2 Å². The van der Waals surface area contributed by atoms with Crippen LogP contribution < -0.4 is 10.1 Å². The van der Waals surface area contributed by atoms with Crippen LogP contribution in [0, 0.1) is 5.82 Å². The SMILES string of the molecule is COc1ccc(F)cc1-c1ccc(C[C@@]2(C(=O)NCCCN3CCOCC3)CCCO2)cc1. The summed E-state index contributed by atoms with van der Waals surface area (Å²) in [5.41, 5.74) is 1.76. The summed E-state index contributed by atoms with van der Waals surface area (Å²) in [7, 11) is 1.58. The highest BCUT2D eigenvalue weighted by Gasteiger charge is 2.42. The van der Waals surface area contributed by atoms with Crippen molar-refractivity contribution in [3.05, 3.63) is 53.8 Å². The first-order valence-corrected chi connectivity index (χ1v) is 11.7. The van der Waals surface area contributed by atoms with E-state index in [1.165, 1.54) is 12.1 Å². The van der Waals surface area contributed by atoms with Gasteiger partial charge in [-0.2, -0.15) is 0 Å². The van der Waals surface area contributed by atoms with Crippen molar-refractivity contribution in [2.24, 2.45) is 0 Å². The number of ether oxygens (including phenoxy) is 3. The van der Waals surface area contributed by atoms with E-state index in [0.29, 0.717) is 37.3 Å². The quantitative estimate of drug-likeness (QED) is 0.586. The van der Waals surface area contributed by atoms with Gasteiger partial charge in [0.2, 0.25) is 0 Å². The number of hydrogen-bond donors (Lipinski definition) is 1. The zero-order valence-electron chi connectivity index (χ0n) is 19.3. The van der Waals surface area contributed by atoms with Crippen LogP contribution in [-0.2, 0) is 20.7 Å². The number of carbonyl (C=O) groups excluding carboxylic acids is 1. The predicted octanol–water partition coefficient (Wildman–Crippen LogP) is 3.43. The van der Waals surface area contributed by atoms with Gasteiger partial charge in [0.15, 0.2) is 5.60 Å². The molecule has 178 valence electrons. The monoisotopic (exact) mass is 456 g/mol. The lowest BCUT2D eigenvalue weighted by molar-refractivity contribution is -0.141. The Morgan fingerprint density at radius 2 is 1.94 bits per heavy atom. The van der Waals surface area contributed by atoms with Gasteiger partial charge in [-0.1, -0.05) is 24.3 Å². The Balaban J connectivity index is 1.37. The molecule has 0 unspecified atom stereocenters. The molecular formula is C26H33FN2O4. The van der Waals surface area contributed by atoms with E-state index in [0.717, 1.165) is 56.8 Å². The molecule has 0 radical (unpaired) electrons. The fraction of sp³-hybridized carbons (Fsp3) is 0.500. The predicted molar refractivity (Wildman–Crippen MR) is 125 cm³/mol. The van der Waals surface area contributed by atoms with Gasteiger partial charge in [0.05, 0.1) is 20.3 Å². The fourth-order valence-corrected chi connectivity index (χ4v) is 4.62. The van der Waals surface area contributed by atoms with Crippen LogP contribution in [0.4, 0.5) is 4.39 Å². The molecule has 2 heterocycles. The van der Waals surface area contributed by atoms with Crippen LogP contribution in [0.25, 0.3) is 11.1 Å². The fourth-order valence-electron chi connectivity index (χ4n) is 4.62. The highest BCUT2D eigenvalue weighted by molar-refractivity contribution is 5.86. The van der Waals surface area contributed by atoms with Gasteiger partial charge in [-0.05, 0) is 55.1 Å². The maximum atomic E-state index is 13.8. The van der Waals surface area contributed by atoms with E-state index in [4.69, 9.17) is 14.2 Å². The zero-order chi connectivity index (χ0) is 23.1. The van der Waals surface area contributed by atoms with Crippen LogP contribution >= 0.6 is 0 Å². The molecule has 2 aliphatic rings. The third-order valence-electron chi connectivity index (χ3n) is 6.47. The van der Waals surface area contributed by atoms with E-state index in [9.17, 15) is 9.18 Å². The second kappa shape index (κ2) is 11.1. The summed E-state index contributed by atoms with van der Waals surface area (Å²) in [6.45, 7) is 5.68. The standard InChI is InChI=1S/C26H33FN2O4/c1-31-24-9-8-22(27)18-23(24)21-6-4-20(5-7-21)19-26(10-2-15-33-26)25(30)28-11-3-12-29-13-16-32-17-14-29/h4-9,18H,2-3,10-17,19H2,1H3,(H,28,30)/t26-/m1/s1. The minimum Gasteiger partial charge on any atom is -0.496 e. The maximum absolute atomic E-state index is 13.8. The van der Waals surface area contributed by atoms with Gasteiger partial charge in [0, 0.05) is 38.2 Å². The van der Waals surface area contributed by atoms with Gasteiger partial charge >= 0.3 is 0 Å². The molecule has 0 saturated carbocycles. The van der Waals surface area contributed by atoms with Gasteiger partial charge in [-0.15, -0.1) is 0 Å². The number of methoxy groups -OCH3 is 1. The summed E-state index contributed by atoms with van der Waals surface area (Å²) in [6.07, 6.45) is 3.01. The smallest absolute Gasteiger partial charge is 0.252 e. The zero-order valence-corrected chi connectivity index (χ0v) is 19.3. The summed E-state index contributed by atoms with van der Waals surface area (Å²) in [4.78, 5) is 15.5. The number of rotatable bonds is 9. The molecule has 0 bridgehead atoms. The van der Waals surface area contributed by atoms with Gasteiger partial charge in [0.25, 0.3) is 5.91 Å². The summed E-state index contributed by atoms with van der Waals surface area (Å²) < 4.78 is 30.5. The Morgan fingerprint density at radius 3 is 2.64 bits per heavy atom. The van der Waals surface area contributed by atoms with Crippen LogP contribution in [0.5, 0.6) is 5.75 Å². The number of morpholine rings is 1. The van der Waals surface area contributed by atoms with Crippen LogP contribution in [0.2, 0.25) is 0 Å². The molecule has 2 aromatic carbocycles. The van der Waals surface area contributed by atoms with E-state index >= 15 is 0 Å². The van der Waals surface area contributed by atoms with Gasteiger partial charge in [-0.25, -0.2) is 4.39 Å². The Labute approximate surface area is 195 Å². The molecule has 2 fully saturated rings. The number of amides is 1. The molecule has 2 aliphatic heterocycles. The van der Waals surface area contributed by atoms with Gasteiger partial charge in [-0.3, -0.25) is 9.69 Å². The van der Waals surface area contributed by atoms with Crippen molar-refractivity contribution in [2.45, 2.75) is 31.3 Å². The van der Waals surface area contributed by atoms with E-state index in [1.807, 2.05) is 24.3 Å². The second-order valence-electron chi connectivity index (χ2n) is 8.73. The second-order valence-corrected chi connectivity index (χ2v) is 8.73. The molecule has 33 heavy (non-hydrogen) atoms. The van der Waals surface area contributed by atoms with E-state index in [-0.39, 0.29) is 11.7 Å². The Kier molecular flexibility index (Phi) is 7.96. The number of nitrogens with one attached hydrogen (secondary N) is 1. The highest BCUT2D eigenvalue weighted by atomic mass is 19.1. The minimum atomic E-state index is -0.822. The van der Waals surface area contributed by atoms with Crippen molar-refractivity contribution in [3.63, 3.8) is 0 Å². The first-order valence-electron chi connectivity index (χ1n) is 11.7. The number of benzene rings is 2. The largest absolute Gasteiger partial charge is 0.496 e. The average molecular weight is 457 g/mol. The van der Waals surface area contributed by atoms with Crippen LogP contribution in [0.15, 0.2) is 42.5 Å². The van der Waals surface area contributed by atoms with Crippen molar-refractivity contribution in [1.29, 1.82) is 0 Å². The molecule has 0 aliphatic carbocycles. The number of carbonyl (C=O) groups is 1. The van der Waals surface area contributed by atoms with E-state index < -0.39 is 5.60 Å². The number of hydrogen-bond acceptors (Lipinski definition) is 5.